The van der Waals surface area contributed by atoms with Crippen LogP contribution in [0.2, 0.25) is 0 Å². The number of carbonyl (C=O) groups excluding carboxylic acids is 1. The summed E-state index contributed by atoms with van der Waals surface area (Å²) in [5, 5.41) is 0. The molecule has 0 aromatic heterocycles. The van der Waals surface area contributed by atoms with E-state index in [9.17, 15) is 4.79 Å². The first-order valence-electron chi connectivity index (χ1n) is 7.13. The van der Waals surface area contributed by atoms with Crippen LogP contribution in [0.5, 0.6) is 5.75 Å². The maximum atomic E-state index is 11.8. The summed E-state index contributed by atoms with van der Waals surface area (Å²) >= 11 is 0. The number of benzene rings is 1. The minimum Gasteiger partial charge on any atom is -0.496 e. The molecule has 0 saturated carbocycles. The van der Waals surface area contributed by atoms with Crippen LogP contribution in [-0.2, 0) is 21.4 Å². The molecule has 0 aliphatic carbocycles. The number of hydrogen-bond acceptors (Lipinski definition) is 3. The Kier molecular flexibility index (Phi) is 5.61. The van der Waals surface area contributed by atoms with E-state index in [1.54, 1.807) is 7.11 Å². The Hall–Kier alpha value is -1.51. The molecule has 1 aromatic carbocycles. The Labute approximate surface area is 122 Å². The normalized spacial score (nSPS) is 12.9. The topological polar surface area (TPSA) is 35.5 Å². The molecule has 1 atom stereocenters. The van der Waals surface area contributed by atoms with Crippen molar-refractivity contribution >= 4 is 5.97 Å². The van der Waals surface area contributed by atoms with Crippen LogP contribution in [0, 0.1) is 5.92 Å². The number of methoxy groups -OCH3 is 1. The maximum Gasteiger partial charge on any atom is 0.308 e. The quantitative estimate of drug-likeness (QED) is 0.770. The van der Waals surface area contributed by atoms with Crippen LogP contribution >= 0.6 is 0 Å². The summed E-state index contributed by atoms with van der Waals surface area (Å²) in [5.41, 5.74) is 2.37. The van der Waals surface area contributed by atoms with Gasteiger partial charge in [0.1, 0.15) is 5.75 Å². The zero-order valence-corrected chi connectivity index (χ0v) is 13.4. The van der Waals surface area contributed by atoms with E-state index in [2.05, 4.69) is 32.9 Å². The molecule has 0 aliphatic heterocycles. The highest BCUT2D eigenvalue weighted by Crippen LogP contribution is 2.29. The third kappa shape index (κ3) is 4.26. The molecule has 0 fully saturated rings. The van der Waals surface area contributed by atoms with Gasteiger partial charge in [-0.2, -0.15) is 0 Å². The van der Waals surface area contributed by atoms with E-state index in [-0.39, 0.29) is 17.3 Å². The molecular weight excluding hydrogens is 252 g/mol. The van der Waals surface area contributed by atoms with Crippen LogP contribution < -0.4 is 4.74 Å². The fourth-order valence-electron chi connectivity index (χ4n) is 2.10. The summed E-state index contributed by atoms with van der Waals surface area (Å²) < 4.78 is 10.5. The molecule has 20 heavy (non-hydrogen) atoms. The average molecular weight is 278 g/mol. The molecular formula is C17H26O3. The molecule has 3 heteroatoms. The molecule has 0 spiro atoms. The largest absolute Gasteiger partial charge is 0.496 e. The van der Waals surface area contributed by atoms with Crippen molar-refractivity contribution in [3.05, 3.63) is 29.3 Å². The summed E-state index contributed by atoms with van der Waals surface area (Å²) in [6, 6.07) is 6.19. The van der Waals surface area contributed by atoms with Crippen molar-refractivity contribution in [2.45, 2.75) is 46.5 Å². The van der Waals surface area contributed by atoms with Crippen molar-refractivity contribution in [3.63, 3.8) is 0 Å². The lowest BCUT2D eigenvalue weighted by Gasteiger charge is -2.22. The first-order chi connectivity index (χ1) is 9.29. The van der Waals surface area contributed by atoms with Crippen LogP contribution in [0.15, 0.2) is 18.2 Å². The second-order valence-electron chi connectivity index (χ2n) is 6.13. The van der Waals surface area contributed by atoms with Crippen LogP contribution in [0.25, 0.3) is 0 Å². The first kappa shape index (κ1) is 16.5. The molecule has 0 bridgehead atoms. The van der Waals surface area contributed by atoms with Gasteiger partial charge in [-0.1, -0.05) is 39.8 Å². The van der Waals surface area contributed by atoms with Crippen molar-refractivity contribution < 1.29 is 14.3 Å². The number of carbonyl (C=O) groups is 1. The van der Waals surface area contributed by atoms with E-state index >= 15 is 0 Å². The second-order valence-corrected chi connectivity index (χ2v) is 6.13. The zero-order valence-electron chi connectivity index (χ0n) is 13.4. The van der Waals surface area contributed by atoms with Crippen molar-refractivity contribution in [2.24, 2.45) is 5.92 Å². The van der Waals surface area contributed by atoms with Gasteiger partial charge in [-0.25, -0.2) is 0 Å². The maximum absolute atomic E-state index is 11.8. The molecule has 0 heterocycles. The van der Waals surface area contributed by atoms with Crippen molar-refractivity contribution in [3.8, 4) is 5.75 Å². The van der Waals surface area contributed by atoms with Crippen molar-refractivity contribution in [2.75, 3.05) is 13.7 Å². The van der Waals surface area contributed by atoms with Crippen LogP contribution in [-0.4, -0.2) is 19.7 Å². The summed E-state index contributed by atoms with van der Waals surface area (Å²) in [6.07, 6.45) is 0.631. The Balaban J connectivity index is 3.00. The summed E-state index contributed by atoms with van der Waals surface area (Å²) in [6.45, 7) is 10.7. The number of hydrogen-bond donors (Lipinski definition) is 0. The second kappa shape index (κ2) is 6.78. The molecule has 112 valence electrons. The van der Waals surface area contributed by atoms with Gasteiger partial charge in [0.05, 0.1) is 19.6 Å². The lowest BCUT2D eigenvalue weighted by atomic mass is 9.85. The monoisotopic (exact) mass is 278 g/mol. The molecule has 0 amide bonds. The van der Waals surface area contributed by atoms with E-state index in [0.717, 1.165) is 11.3 Å². The Bertz CT molecular complexity index is 458. The number of esters is 1. The van der Waals surface area contributed by atoms with Gasteiger partial charge in [-0.3, -0.25) is 4.79 Å². The predicted molar refractivity (Wildman–Crippen MR) is 81.2 cm³/mol. The minimum absolute atomic E-state index is 0.0776. The lowest BCUT2D eigenvalue weighted by molar-refractivity contribution is -0.147. The zero-order chi connectivity index (χ0) is 15.3. The van der Waals surface area contributed by atoms with E-state index < -0.39 is 0 Å². The molecule has 1 rings (SSSR count). The third-order valence-corrected chi connectivity index (χ3v) is 3.36. The van der Waals surface area contributed by atoms with Crippen LogP contribution in [0.3, 0.4) is 0 Å². The van der Waals surface area contributed by atoms with E-state index in [1.807, 2.05) is 19.9 Å². The summed E-state index contributed by atoms with van der Waals surface area (Å²) in [5.74, 6) is 0.504. The Morgan fingerprint density at radius 2 is 1.95 bits per heavy atom. The van der Waals surface area contributed by atoms with Gasteiger partial charge in [0, 0.05) is 0 Å². The fraction of sp³-hybridized carbons (Fsp3) is 0.588. The van der Waals surface area contributed by atoms with Gasteiger partial charge in [0.15, 0.2) is 0 Å². The van der Waals surface area contributed by atoms with Gasteiger partial charge in [0.25, 0.3) is 0 Å². The average Bonchev–Trinajstić information content (AvgIpc) is 2.37. The standard InChI is InChI=1S/C17H26O3/c1-7-20-16(18)12(2)10-13-11-14(17(3,4)5)8-9-15(13)19-6/h8-9,11-12H,7,10H2,1-6H3. The molecule has 1 unspecified atom stereocenters. The van der Waals surface area contributed by atoms with Crippen LogP contribution in [0.1, 0.15) is 45.7 Å². The van der Waals surface area contributed by atoms with Gasteiger partial charge in [-0.15, -0.1) is 0 Å². The fourth-order valence-corrected chi connectivity index (χ4v) is 2.10. The van der Waals surface area contributed by atoms with Gasteiger partial charge < -0.3 is 9.47 Å². The number of ether oxygens (including phenoxy) is 2. The van der Waals surface area contributed by atoms with Crippen LogP contribution in [0.4, 0.5) is 0 Å². The van der Waals surface area contributed by atoms with Crippen molar-refractivity contribution in [1.29, 1.82) is 0 Å². The Morgan fingerprint density at radius 1 is 1.30 bits per heavy atom. The highest BCUT2D eigenvalue weighted by molar-refractivity contribution is 5.72. The van der Waals surface area contributed by atoms with E-state index in [4.69, 9.17) is 9.47 Å². The van der Waals surface area contributed by atoms with E-state index in [1.165, 1.54) is 5.56 Å². The summed E-state index contributed by atoms with van der Waals surface area (Å²) in [7, 11) is 1.66. The highest BCUT2D eigenvalue weighted by atomic mass is 16.5. The SMILES string of the molecule is CCOC(=O)C(C)Cc1cc(C(C)(C)C)ccc1OC. The Morgan fingerprint density at radius 3 is 2.45 bits per heavy atom. The molecule has 1 aromatic rings. The first-order valence-corrected chi connectivity index (χ1v) is 7.13. The molecule has 0 saturated heterocycles. The lowest BCUT2D eigenvalue weighted by Crippen LogP contribution is -2.18. The van der Waals surface area contributed by atoms with Gasteiger partial charge in [-0.05, 0) is 36.0 Å². The predicted octanol–water partition coefficient (Wildman–Crippen LogP) is 3.73. The van der Waals surface area contributed by atoms with E-state index in [0.29, 0.717) is 13.0 Å². The highest BCUT2D eigenvalue weighted by Gasteiger charge is 2.20. The van der Waals surface area contributed by atoms with Gasteiger partial charge in [0.2, 0.25) is 0 Å². The molecule has 3 nitrogen and oxygen atoms in total. The molecule has 0 N–H and O–H groups in total. The van der Waals surface area contributed by atoms with Gasteiger partial charge >= 0.3 is 5.97 Å². The van der Waals surface area contributed by atoms with Crippen molar-refractivity contribution in [1.82, 2.24) is 0 Å². The smallest absolute Gasteiger partial charge is 0.308 e. The number of rotatable bonds is 5. The minimum atomic E-state index is -0.168. The summed E-state index contributed by atoms with van der Waals surface area (Å²) in [4.78, 5) is 11.8. The molecule has 0 radical (unpaired) electrons. The third-order valence-electron chi connectivity index (χ3n) is 3.36. The molecule has 0 aliphatic rings.